The molecule has 0 amide bonds. The van der Waals surface area contributed by atoms with Gasteiger partial charge in [0.15, 0.2) is 0 Å². The maximum Gasteiger partial charge on any atom is 0.249 e. The highest BCUT2D eigenvalue weighted by Crippen LogP contribution is 2.43. The van der Waals surface area contributed by atoms with Crippen LogP contribution in [0.3, 0.4) is 0 Å². The summed E-state index contributed by atoms with van der Waals surface area (Å²) in [5.41, 5.74) is 3.08. The second-order valence-electron chi connectivity index (χ2n) is 5.48. The lowest BCUT2D eigenvalue weighted by atomic mass is 10.2. The summed E-state index contributed by atoms with van der Waals surface area (Å²) in [6.07, 6.45) is 4.10. The van der Waals surface area contributed by atoms with Gasteiger partial charge in [0.1, 0.15) is 11.6 Å². The molecule has 0 spiro atoms. The van der Waals surface area contributed by atoms with Gasteiger partial charge < -0.3 is 15.2 Å². The van der Waals surface area contributed by atoms with Crippen molar-refractivity contribution in [3.63, 3.8) is 0 Å². The Hall–Kier alpha value is -2.30. The molecular weight excluding hydrogens is 252 g/mol. The van der Waals surface area contributed by atoms with Crippen LogP contribution in [0.25, 0.3) is 0 Å². The molecule has 1 aliphatic carbocycles. The number of rotatable bonds is 1. The number of fused-ring (bicyclic) bond motifs is 2. The number of pyridine rings is 2. The minimum Gasteiger partial charge on any atom is -0.378 e. The van der Waals surface area contributed by atoms with Crippen LogP contribution in [0.2, 0.25) is 0 Å². The number of aryl methyl sites for hydroxylation is 1. The third kappa shape index (κ3) is 1.70. The van der Waals surface area contributed by atoms with Gasteiger partial charge in [0.05, 0.1) is 5.69 Å². The summed E-state index contributed by atoms with van der Waals surface area (Å²) in [5.74, 6) is 1.82. The molecule has 3 heterocycles. The minimum atomic E-state index is -0.0620. The third-order valence-corrected chi connectivity index (χ3v) is 3.92. The molecule has 1 aliphatic heterocycles. The molecule has 5 heteroatoms. The van der Waals surface area contributed by atoms with Crippen LogP contribution in [0.5, 0.6) is 0 Å². The van der Waals surface area contributed by atoms with E-state index in [0.29, 0.717) is 6.04 Å². The quantitative estimate of drug-likeness (QED) is 0.833. The van der Waals surface area contributed by atoms with Crippen molar-refractivity contribution < 1.29 is 0 Å². The molecule has 2 aromatic heterocycles. The van der Waals surface area contributed by atoms with E-state index in [0.717, 1.165) is 47.8 Å². The summed E-state index contributed by atoms with van der Waals surface area (Å²) in [6, 6.07) is 6.13. The average molecular weight is 268 g/mol. The Balaban J connectivity index is 1.98. The lowest BCUT2D eigenvalue weighted by Gasteiger charge is -2.24. The lowest BCUT2D eigenvalue weighted by Crippen LogP contribution is -2.25. The van der Waals surface area contributed by atoms with Crippen molar-refractivity contribution in [2.24, 2.45) is 0 Å². The van der Waals surface area contributed by atoms with Gasteiger partial charge in [-0.1, -0.05) is 6.07 Å². The zero-order valence-corrected chi connectivity index (χ0v) is 11.3. The number of aromatic amines is 1. The number of hydrogen-bond donors (Lipinski definition) is 2. The van der Waals surface area contributed by atoms with Crippen molar-refractivity contribution in [3.05, 3.63) is 45.9 Å². The van der Waals surface area contributed by atoms with E-state index in [9.17, 15) is 4.79 Å². The normalized spacial score (nSPS) is 16.9. The first-order valence-electron chi connectivity index (χ1n) is 6.95. The molecule has 102 valence electrons. The SMILES string of the molecule is Cc1cc(=O)[nH]c2c1NCc1cccnc1N2C1CC1. The number of nitrogens with one attached hydrogen (secondary N) is 2. The highest BCUT2D eigenvalue weighted by Gasteiger charge is 2.35. The fourth-order valence-corrected chi connectivity index (χ4v) is 2.84. The molecule has 0 bridgehead atoms. The summed E-state index contributed by atoms with van der Waals surface area (Å²) >= 11 is 0. The molecule has 2 N–H and O–H groups in total. The van der Waals surface area contributed by atoms with Gasteiger partial charge in [-0.15, -0.1) is 0 Å². The van der Waals surface area contributed by atoms with Crippen molar-refractivity contribution in [1.82, 2.24) is 9.97 Å². The van der Waals surface area contributed by atoms with E-state index in [4.69, 9.17) is 0 Å². The van der Waals surface area contributed by atoms with E-state index >= 15 is 0 Å². The van der Waals surface area contributed by atoms with Gasteiger partial charge in [-0.25, -0.2) is 4.98 Å². The standard InChI is InChI=1S/C15H16N4O/c1-9-7-12(20)18-15-13(9)17-8-10-3-2-6-16-14(10)19(15)11-4-5-11/h2-3,6-7,11,17H,4-5,8H2,1H3,(H,18,20). The predicted octanol–water partition coefficient (Wildman–Crippen LogP) is 2.30. The average Bonchev–Trinajstić information content (AvgIpc) is 3.23. The van der Waals surface area contributed by atoms with Gasteiger partial charge in [-0.05, 0) is 31.4 Å². The van der Waals surface area contributed by atoms with Crippen LogP contribution >= 0.6 is 0 Å². The summed E-state index contributed by atoms with van der Waals surface area (Å²) < 4.78 is 0. The molecule has 20 heavy (non-hydrogen) atoms. The maximum absolute atomic E-state index is 11.8. The van der Waals surface area contributed by atoms with E-state index in [2.05, 4.69) is 26.3 Å². The summed E-state index contributed by atoms with van der Waals surface area (Å²) in [4.78, 5) is 21.6. The molecule has 0 aromatic carbocycles. The molecule has 1 saturated carbocycles. The second kappa shape index (κ2) is 4.10. The molecule has 2 aliphatic rings. The molecular formula is C15H16N4O. The van der Waals surface area contributed by atoms with Crippen LogP contribution in [0.1, 0.15) is 24.0 Å². The van der Waals surface area contributed by atoms with Crippen LogP contribution in [0, 0.1) is 6.92 Å². The Morgan fingerprint density at radius 3 is 3.05 bits per heavy atom. The Morgan fingerprint density at radius 1 is 1.40 bits per heavy atom. The smallest absolute Gasteiger partial charge is 0.249 e. The van der Waals surface area contributed by atoms with Crippen LogP contribution < -0.4 is 15.8 Å². The van der Waals surface area contributed by atoms with Crippen LogP contribution in [-0.2, 0) is 6.54 Å². The van der Waals surface area contributed by atoms with Crippen LogP contribution in [0.15, 0.2) is 29.2 Å². The van der Waals surface area contributed by atoms with Crippen molar-refractivity contribution in [2.45, 2.75) is 32.4 Å². The molecule has 5 nitrogen and oxygen atoms in total. The topological polar surface area (TPSA) is 61.0 Å². The first kappa shape index (κ1) is 11.5. The van der Waals surface area contributed by atoms with Crippen molar-refractivity contribution >= 4 is 17.3 Å². The summed E-state index contributed by atoms with van der Waals surface area (Å²) in [5, 5.41) is 3.44. The zero-order valence-electron chi connectivity index (χ0n) is 11.3. The van der Waals surface area contributed by atoms with Gasteiger partial charge in [-0.2, -0.15) is 0 Å². The molecule has 0 radical (unpaired) electrons. The van der Waals surface area contributed by atoms with Crippen LogP contribution in [0.4, 0.5) is 17.3 Å². The van der Waals surface area contributed by atoms with Gasteiger partial charge in [0.25, 0.3) is 0 Å². The first-order chi connectivity index (χ1) is 9.74. The fourth-order valence-electron chi connectivity index (χ4n) is 2.84. The van der Waals surface area contributed by atoms with E-state index in [1.165, 1.54) is 0 Å². The number of hydrogen-bond acceptors (Lipinski definition) is 4. The largest absolute Gasteiger partial charge is 0.378 e. The highest BCUT2D eigenvalue weighted by atomic mass is 16.1. The Morgan fingerprint density at radius 2 is 2.25 bits per heavy atom. The molecule has 0 atom stereocenters. The molecule has 0 unspecified atom stereocenters. The molecule has 0 saturated heterocycles. The number of H-pyrrole nitrogens is 1. The Kier molecular flexibility index (Phi) is 2.36. The van der Waals surface area contributed by atoms with Gasteiger partial charge in [0.2, 0.25) is 5.56 Å². The molecule has 4 rings (SSSR count). The van der Waals surface area contributed by atoms with Gasteiger partial charge in [-0.3, -0.25) is 4.79 Å². The Bertz CT molecular complexity index is 733. The first-order valence-corrected chi connectivity index (χ1v) is 6.95. The monoisotopic (exact) mass is 268 g/mol. The number of nitrogens with zero attached hydrogens (tertiary/aromatic N) is 2. The zero-order chi connectivity index (χ0) is 13.7. The minimum absolute atomic E-state index is 0.0620. The van der Waals surface area contributed by atoms with Gasteiger partial charge in [0, 0.05) is 30.4 Å². The van der Waals surface area contributed by atoms with Crippen molar-refractivity contribution in [1.29, 1.82) is 0 Å². The van der Waals surface area contributed by atoms with E-state index < -0.39 is 0 Å². The van der Waals surface area contributed by atoms with E-state index in [-0.39, 0.29) is 5.56 Å². The molecule has 1 fully saturated rings. The Labute approximate surface area is 116 Å². The van der Waals surface area contributed by atoms with Crippen molar-refractivity contribution in [3.8, 4) is 0 Å². The second-order valence-corrected chi connectivity index (χ2v) is 5.48. The maximum atomic E-state index is 11.8. The summed E-state index contributed by atoms with van der Waals surface area (Å²) in [6.45, 7) is 2.70. The van der Waals surface area contributed by atoms with Gasteiger partial charge >= 0.3 is 0 Å². The molecule has 2 aromatic rings. The fraction of sp³-hybridized carbons (Fsp3) is 0.333. The van der Waals surface area contributed by atoms with Crippen LogP contribution in [-0.4, -0.2) is 16.0 Å². The third-order valence-electron chi connectivity index (χ3n) is 3.92. The van der Waals surface area contributed by atoms with E-state index in [1.807, 2.05) is 19.2 Å². The van der Waals surface area contributed by atoms with E-state index in [1.54, 1.807) is 6.07 Å². The number of aromatic nitrogens is 2. The predicted molar refractivity (Wildman–Crippen MR) is 78.5 cm³/mol. The number of anilines is 3. The summed E-state index contributed by atoms with van der Waals surface area (Å²) in [7, 11) is 0. The highest BCUT2D eigenvalue weighted by molar-refractivity contribution is 5.78. The van der Waals surface area contributed by atoms with Crippen molar-refractivity contribution in [2.75, 3.05) is 10.2 Å². The lowest BCUT2D eigenvalue weighted by molar-refractivity contribution is 0.910.